The maximum Gasteiger partial charge on any atom is 0.0444 e. The van der Waals surface area contributed by atoms with Gasteiger partial charge in [-0.1, -0.05) is 28.1 Å². The highest BCUT2D eigenvalue weighted by molar-refractivity contribution is 9.10. The first kappa shape index (κ1) is 12.1. The third kappa shape index (κ3) is 3.06. The van der Waals surface area contributed by atoms with E-state index in [2.05, 4.69) is 46.4 Å². The van der Waals surface area contributed by atoms with Crippen molar-refractivity contribution in [1.29, 1.82) is 0 Å². The van der Waals surface area contributed by atoms with Crippen LogP contribution >= 0.6 is 15.9 Å². The zero-order valence-corrected chi connectivity index (χ0v) is 11.3. The average molecular weight is 283 g/mol. The molecule has 1 saturated carbocycles. The summed E-state index contributed by atoms with van der Waals surface area (Å²) in [7, 11) is 0. The van der Waals surface area contributed by atoms with E-state index in [9.17, 15) is 0 Å². The Kier molecular flexibility index (Phi) is 4.00. The normalized spacial score (nSPS) is 17.4. The van der Waals surface area contributed by atoms with Crippen molar-refractivity contribution in [2.45, 2.75) is 25.8 Å². The lowest BCUT2D eigenvalue weighted by Crippen LogP contribution is -2.29. The van der Waals surface area contributed by atoms with Crippen LogP contribution in [0.2, 0.25) is 0 Å². The summed E-state index contributed by atoms with van der Waals surface area (Å²) >= 11 is 3.52. The van der Waals surface area contributed by atoms with Crippen LogP contribution in [-0.4, -0.2) is 13.1 Å². The fourth-order valence-electron chi connectivity index (χ4n) is 1.85. The minimum Gasteiger partial charge on any atom is -0.329 e. The van der Waals surface area contributed by atoms with E-state index in [1.807, 2.05) is 0 Å². The van der Waals surface area contributed by atoms with Gasteiger partial charge in [-0.05, 0) is 49.4 Å². The highest BCUT2D eigenvalue weighted by Crippen LogP contribution is 2.29. The number of halogens is 1. The standard InChI is InChI=1S/C13H19BrN2/c1-9-6-11(4-5-12(9)14)13(7-15)16-8-10-2-3-10/h4-6,10,13,16H,2-3,7-8,15H2,1H3. The van der Waals surface area contributed by atoms with Crippen molar-refractivity contribution in [2.75, 3.05) is 13.1 Å². The van der Waals surface area contributed by atoms with Crippen molar-refractivity contribution in [1.82, 2.24) is 5.32 Å². The Morgan fingerprint density at radius 1 is 1.50 bits per heavy atom. The van der Waals surface area contributed by atoms with Crippen molar-refractivity contribution in [3.8, 4) is 0 Å². The first-order valence-electron chi connectivity index (χ1n) is 5.90. The molecule has 0 radical (unpaired) electrons. The maximum atomic E-state index is 5.83. The molecule has 1 unspecified atom stereocenters. The Labute approximate surface area is 106 Å². The highest BCUT2D eigenvalue weighted by Gasteiger charge is 2.22. The smallest absolute Gasteiger partial charge is 0.0444 e. The minimum absolute atomic E-state index is 0.299. The van der Waals surface area contributed by atoms with Gasteiger partial charge >= 0.3 is 0 Å². The van der Waals surface area contributed by atoms with Crippen LogP contribution in [0.25, 0.3) is 0 Å². The molecule has 0 spiro atoms. The Morgan fingerprint density at radius 3 is 2.81 bits per heavy atom. The summed E-state index contributed by atoms with van der Waals surface area (Å²) in [6.07, 6.45) is 2.76. The van der Waals surface area contributed by atoms with Crippen LogP contribution in [0, 0.1) is 12.8 Å². The van der Waals surface area contributed by atoms with Crippen LogP contribution in [0.1, 0.15) is 30.0 Å². The summed E-state index contributed by atoms with van der Waals surface area (Å²) in [6, 6.07) is 6.76. The first-order chi connectivity index (χ1) is 7.70. The maximum absolute atomic E-state index is 5.83. The predicted octanol–water partition coefficient (Wildman–Crippen LogP) is 2.76. The van der Waals surface area contributed by atoms with Gasteiger partial charge in [0.05, 0.1) is 0 Å². The van der Waals surface area contributed by atoms with E-state index in [0.717, 1.165) is 16.9 Å². The molecule has 1 fully saturated rings. The van der Waals surface area contributed by atoms with Crippen molar-refractivity contribution < 1.29 is 0 Å². The summed E-state index contributed by atoms with van der Waals surface area (Å²) in [5.74, 6) is 0.894. The third-order valence-corrected chi connectivity index (χ3v) is 4.06. The number of nitrogens with two attached hydrogens (primary N) is 1. The average Bonchev–Trinajstić information content (AvgIpc) is 3.08. The van der Waals surface area contributed by atoms with E-state index >= 15 is 0 Å². The number of nitrogens with one attached hydrogen (secondary N) is 1. The minimum atomic E-state index is 0.299. The van der Waals surface area contributed by atoms with E-state index in [4.69, 9.17) is 5.73 Å². The Balaban J connectivity index is 2.02. The third-order valence-electron chi connectivity index (χ3n) is 3.17. The molecule has 0 saturated heterocycles. The number of benzene rings is 1. The molecular weight excluding hydrogens is 264 g/mol. The molecule has 1 aromatic carbocycles. The van der Waals surface area contributed by atoms with Gasteiger partial charge in [-0.3, -0.25) is 0 Å². The van der Waals surface area contributed by atoms with Crippen LogP contribution in [0.5, 0.6) is 0 Å². The second-order valence-electron chi connectivity index (χ2n) is 4.65. The summed E-state index contributed by atoms with van der Waals surface area (Å²) in [5, 5.41) is 3.55. The molecular formula is C13H19BrN2. The molecule has 1 aliphatic carbocycles. The molecule has 2 nitrogen and oxygen atoms in total. The lowest BCUT2D eigenvalue weighted by atomic mass is 10.0. The Bertz CT molecular complexity index is 361. The molecule has 2 rings (SSSR count). The molecule has 3 heteroatoms. The molecule has 1 atom stereocenters. The van der Waals surface area contributed by atoms with E-state index in [0.29, 0.717) is 12.6 Å². The molecule has 16 heavy (non-hydrogen) atoms. The molecule has 0 aliphatic heterocycles. The van der Waals surface area contributed by atoms with Crippen LogP contribution < -0.4 is 11.1 Å². The number of rotatable bonds is 5. The van der Waals surface area contributed by atoms with Crippen molar-refractivity contribution in [2.24, 2.45) is 11.7 Å². The van der Waals surface area contributed by atoms with E-state index in [1.165, 1.54) is 24.0 Å². The lowest BCUT2D eigenvalue weighted by Gasteiger charge is -2.18. The van der Waals surface area contributed by atoms with Gasteiger partial charge in [0.2, 0.25) is 0 Å². The van der Waals surface area contributed by atoms with Gasteiger partial charge in [0.1, 0.15) is 0 Å². The van der Waals surface area contributed by atoms with E-state index in [1.54, 1.807) is 0 Å². The number of aryl methyl sites for hydroxylation is 1. The summed E-state index contributed by atoms with van der Waals surface area (Å²) in [5.41, 5.74) is 8.39. The quantitative estimate of drug-likeness (QED) is 0.872. The van der Waals surface area contributed by atoms with Gasteiger partial charge in [-0.25, -0.2) is 0 Å². The Hall–Kier alpha value is -0.380. The van der Waals surface area contributed by atoms with Gasteiger partial charge in [0.25, 0.3) is 0 Å². The fourth-order valence-corrected chi connectivity index (χ4v) is 2.10. The second kappa shape index (κ2) is 5.30. The van der Waals surface area contributed by atoms with Gasteiger partial charge in [-0.2, -0.15) is 0 Å². The van der Waals surface area contributed by atoms with Crippen molar-refractivity contribution in [3.63, 3.8) is 0 Å². The van der Waals surface area contributed by atoms with E-state index < -0.39 is 0 Å². The van der Waals surface area contributed by atoms with Gasteiger partial charge in [0.15, 0.2) is 0 Å². The van der Waals surface area contributed by atoms with Crippen LogP contribution in [-0.2, 0) is 0 Å². The zero-order valence-electron chi connectivity index (χ0n) is 9.67. The van der Waals surface area contributed by atoms with Gasteiger partial charge in [0, 0.05) is 17.1 Å². The Morgan fingerprint density at radius 2 is 2.25 bits per heavy atom. The molecule has 1 aliphatic rings. The number of hydrogen-bond acceptors (Lipinski definition) is 2. The topological polar surface area (TPSA) is 38.0 Å². The van der Waals surface area contributed by atoms with Crippen LogP contribution in [0.15, 0.2) is 22.7 Å². The molecule has 0 amide bonds. The summed E-state index contributed by atoms with van der Waals surface area (Å²) < 4.78 is 1.16. The SMILES string of the molecule is Cc1cc(C(CN)NCC2CC2)ccc1Br. The number of hydrogen-bond donors (Lipinski definition) is 2. The molecule has 0 heterocycles. The zero-order chi connectivity index (χ0) is 11.5. The first-order valence-corrected chi connectivity index (χ1v) is 6.69. The molecule has 1 aromatic rings. The molecule has 0 bridgehead atoms. The molecule has 3 N–H and O–H groups in total. The van der Waals surface area contributed by atoms with Crippen molar-refractivity contribution >= 4 is 15.9 Å². The second-order valence-corrected chi connectivity index (χ2v) is 5.50. The van der Waals surface area contributed by atoms with Crippen LogP contribution in [0.3, 0.4) is 0 Å². The lowest BCUT2D eigenvalue weighted by molar-refractivity contribution is 0.522. The van der Waals surface area contributed by atoms with Gasteiger partial charge in [-0.15, -0.1) is 0 Å². The largest absolute Gasteiger partial charge is 0.329 e. The fraction of sp³-hybridized carbons (Fsp3) is 0.538. The molecule has 0 aromatic heterocycles. The predicted molar refractivity (Wildman–Crippen MR) is 71.4 cm³/mol. The summed E-state index contributed by atoms with van der Waals surface area (Å²) in [4.78, 5) is 0. The van der Waals surface area contributed by atoms with Crippen molar-refractivity contribution in [3.05, 3.63) is 33.8 Å². The monoisotopic (exact) mass is 282 g/mol. The van der Waals surface area contributed by atoms with Crippen LogP contribution in [0.4, 0.5) is 0 Å². The summed E-state index contributed by atoms with van der Waals surface area (Å²) in [6.45, 7) is 3.88. The highest BCUT2D eigenvalue weighted by atomic mass is 79.9. The molecule has 88 valence electrons. The van der Waals surface area contributed by atoms with Gasteiger partial charge < -0.3 is 11.1 Å². The van der Waals surface area contributed by atoms with E-state index in [-0.39, 0.29) is 0 Å².